The van der Waals surface area contributed by atoms with Gasteiger partial charge in [0.15, 0.2) is 0 Å². The van der Waals surface area contributed by atoms with Gasteiger partial charge in [0, 0.05) is 87.7 Å². The SMILES string of the molecule is Nc1ccc(-c2ccc(F)cc2)nc1CC(=O)C1CC2CCC(C1)O2.Nc1ccc(-c2ccc(F)cc2)nc1CC(=O)C1CCC2(CCOCC2)C1.Nc1ccc(-c2ccc(F)cc2)nc1CC(=O)N1Cc2ccc(CN3CCCC3)cc2C1.Nc1cn(-c2ccccc2)nc1CC(=O)N1CCC2(CCOCC2)C1. The first kappa shape index (κ1) is 75.7. The van der Waals surface area contributed by atoms with E-state index in [9.17, 15) is 32.3 Å². The molecule has 7 fully saturated rings. The molecular weight excluding hydrogens is 1380 g/mol. The number of nitrogens with zero attached hydrogens (tertiary/aromatic N) is 8. The highest BCUT2D eigenvalue weighted by molar-refractivity contribution is 5.86. The summed E-state index contributed by atoms with van der Waals surface area (Å²) >= 11 is 0. The predicted molar refractivity (Wildman–Crippen MR) is 414 cm³/mol. The standard InChI is InChI=1S/C26H27FN4O.C22H25FN2O2.C20H21FN2O2.C19H24N4O2/c27-22-7-5-19(6-8-22)24-10-9-23(28)25(29-24)14-26(32)31-16-20-4-3-18(13-21(20)17-31)15-30-11-1-2-12-30;23-17-3-1-15(2-4-17)19-6-5-18(24)20(25-19)13-21(26)16-7-8-22(14-16)9-11-27-12-10-22;21-14-3-1-12(2-4-14)18-8-7-17(22)19(23-18)11-20(24)13-9-15-5-6-16(10-13)25-15;20-16-13-23(15-4-2-1-3-5-15)21-17(16)12-18(24)22-9-6-19(14-22)7-10-25-11-8-19/h3-10,13H,1-2,11-12,14-17,28H2;1-6,16H,7-14,24H2;1-4,7-8,13,15-16H,5-6,9-11,22H2;1-5,13H,6-12,14,20H2. The van der Waals surface area contributed by atoms with Crippen LogP contribution in [-0.2, 0) is 78.7 Å². The number of amides is 2. The van der Waals surface area contributed by atoms with E-state index in [1.807, 2.05) is 46.2 Å². The highest BCUT2D eigenvalue weighted by Gasteiger charge is 2.44. The number of para-hydroxylation sites is 1. The number of hydrogen-bond acceptors (Lipinski definition) is 16. The Balaban J connectivity index is 0.000000122. The van der Waals surface area contributed by atoms with E-state index in [-0.39, 0.29) is 96.0 Å². The van der Waals surface area contributed by atoms with Crippen molar-refractivity contribution >= 4 is 46.1 Å². The molecular formula is C87H97F3N12O7. The number of carbonyl (C=O) groups is 4. The number of nitrogen functional groups attached to an aromatic ring is 4. The zero-order valence-electron chi connectivity index (χ0n) is 61.8. The van der Waals surface area contributed by atoms with Gasteiger partial charge in [0.1, 0.15) is 29.0 Å². The first-order chi connectivity index (χ1) is 52.8. The van der Waals surface area contributed by atoms with Crippen molar-refractivity contribution in [2.24, 2.45) is 22.7 Å². The molecule has 17 rings (SSSR count). The van der Waals surface area contributed by atoms with Crippen LogP contribution >= 0.6 is 0 Å². The van der Waals surface area contributed by atoms with E-state index >= 15 is 0 Å². The van der Waals surface area contributed by atoms with Crippen LogP contribution in [0.15, 0.2) is 164 Å². The third kappa shape index (κ3) is 19.0. The molecule has 1 aliphatic carbocycles. The number of hydrogen-bond donors (Lipinski definition) is 4. The maximum Gasteiger partial charge on any atom is 0.229 e. The van der Waals surface area contributed by atoms with E-state index in [0.717, 1.165) is 145 Å². The average Bonchev–Trinajstić information content (AvgIpc) is 1.57. The summed E-state index contributed by atoms with van der Waals surface area (Å²) in [7, 11) is 0. The van der Waals surface area contributed by atoms with Crippen LogP contribution in [-0.4, -0.2) is 128 Å². The number of carbonyl (C=O) groups excluding carboxylic acids is 4. The van der Waals surface area contributed by atoms with Crippen molar-refractivity contribution < 1.29 is 46.6 Å². The summed E-state index contributed by atoms with van der Waals surface area (Å²) in [4.78, 5) is 71.5. The molecule has 8 aliphatic rings. The number of benzene rings is 5. The Labute approximate surface area is 634 Å². The summed E-state index contributed by atoms with van der Waals surface area (Å²) in [5.74, 6) is -0.176. The van der Waals surface area contributed by atoms with E-state index in [1.165, 1.54) is 79.0 Å². The second kappa shape index (κ2) is 34.2. The van der Waals surface area contributed by atoms with Crippen LogP contribution in [0, 0.1) is 40.1 Å². The van der Waals surface area contributed by atoms with Crippen LogP contribution < -0.4 is 22.9 Å². The van der Waals surface area contributed by atoms with Gasteiger partial charge in [-0.15, -0.1) is 0 Å². The molecule has 568 valence electrons. The van der Waals surface area contributed by atoms with Gasteiger partial charge in [-0.25, -0.2) is 17.9 Å². The first-order valence-corrected chi connectivity index (χ1v) is 38.5. The van der Waals surface area contributed by atoms with Crippen LogP contribution in [0.4, 0.5) is 35.9 Å². The fourth-order valence-corrected chi connectivity index (χ4v) is 16.9. The van der Waals surface area contributed by atoms with E-state index in [4.69, 9.17) is 37.1 Å². The number of nitrogens with two attached hydrogens (primary N) is 4. The summed E-state index contributed by atoms with van der Waals surface area (Å²) in [6.45, 7) is 9.51. The molecule has 4 aromatic heterocycles. The molecule has 5 aromatic carbocycles. The van der Waals surface area contributed by atoms with E-state index in [1.54, 1.807) is 77.6 Å². The summed E-state index contributed by atoms with van der Waals surface area (Å²) in [6.07, 6.45) is 17.9. The zero-order chi connectivity index (χ0) is 75.6. The maximum atomic E-state index is 13.2. The second-order valence-corrected chi connectivity index (χ2v) is 30.9. The van der Waals surface area contributed by atoms with E-state index < -0.39 is 0 Å². The zero-order valence-corrected chi connectivity index (χ0v) is 61.8. The largest absolute Gasteiger partial charge is 0.397 e. The highest BCUT2D eigenvalue weighted by atomic mass is 19.1. The number of halogens is 3. The Hall–Kier alpha value is -10.1. The molecule has 2 spiro atoms. The lowest BCUT2D eigenvalue weighted by atomic mass is 9.77. The minimum atomic E-state index is -0.295. The van der Waals surface area contributed by atoms with Crippen LogP contribution in [0.25, 0.3) is 39.5 Å². The molecule has 109 heavy (non-hydrogen) atoms. The second-order valence-electron chi connectivity index (χ2n) is 30.9. The van der Waals surface area contributed by atoms with Gasteiger partial charge in [0.25, 0.3) is 0 Å². The number of ketones is 2. The van der Waals surface area contributed by atoms with Crippen LogP contribution in [0.2, 0.25) is 0 Å². The summed E-state index contributed by atoms with van der Waals surface area (Å²) in [5, 5.41) is 4.52. The van der Waals surface area contributed by atoms with Crippen molar-refractivity contribution in [2.45, 2.75) is 147 Å². The highest BCUT2D eigenvalue weighted by Crippen LogP contribution is 2.49. The van der Waals surface area contributed by atoms with Crippen LogP contribution in [0.1, 0.15) is 129 Å². The van der Waals surface area contributed by atoms with Gasteiger partial charge in [0.2, 0.25) is 11.8 Å². The van der Waals surface area contributed by atoms with E-state index in [0.29, 0.717) is 81.1 Å². The normalized spacial score (nSPS) is 20.2. The number of Topliss-reactive ketones (excluding diaryl/α,β-unsaturated/α-hetero) is 2. The van der Waals surface area contributed by atoms with Gasteiger partial charge < -0.3 is 46.9 Å². The number of fused-ring (bicyclic) bond motifs is 3. The van der Waals surface area contributed by atoms with Gasteiger partial charge in [-0.2, -0.15) is 5.10 Å². The quantitative estimate of drug-likeness (QED) is 0.0700. The Morgan fingerprint density at radius 2 is 0.954 bits per heavy atom. The Kier molecular flexibility index (Phi) is 23.7. The third-order valence-electron chi connectivity index (χ3n) is 23.4. The molecule has 7 aliphatic heterocycles. The Morgan fingerprint density at radius 3 is 1.50 bits per heavy atom. The topological polar surface area (TPSA) is 266 Å². The monoisotopic (exact) mass is 1480 g/mol. The maximum absolute atomic E-state index is 13.2. The summed E-state index contributed by atoms with van der Waals surface area (Å²) in [5.41, 5.74) is 38.6. The number of anilines is 4. The van der Waals surface area contributed by atoms with Crippen molar-refractivity contribution in [3.8, 4) is 39.5 Å². The van der Waals surface area contributed by atoms with Gasteiger partial charge in [0.05, 0.1) is 112 Å². The molecule has 11 heterocycles. The summed E-state index contributed by atoms with van der Waals surface area (Å²) in [6, 6.07) is 45.6. The molecule has 9 aromatic rings. The molecule has 2 bridgehead atoms. The Morgan fingerprint density at radius 1 is 0.468 bits per heavy atom. The first-order valence-electron chi connectivity index (χ1n) is 38.5. The fourth-order valence-electron chi connectivity index (χ4n) is 16.9. The number of likely N-dealkylation sites (tertiary alicyclic amines) is 2. The van der Waals surface area contributed by atoms with Crippen LogP contribution in [0.5, 0.6) is 0 Å². The lowest BCUT2D eigenvalue weighted by molar-refractivity contribution is -0.131. The van der Waals surface area contributed by atoms with Crippen molar-refractivity contribution in [3.63, 3.8) is 0 Å². The predicted octanol–water partition coefficient (Wildman–Crippen LogP) is 13.9. The van der Waals surface area contributed by atoms with Crippen molar-refractivity contribution in [1.29, 1.82) is 0 Å². The van der Waals surface area contributed by atoms with Gasteiger partial charge in [-0.3, -0.25) is 39.0 Å². The third-order valence-corrected chi connectivity index (χ3v) is 23.4. The Bertz CT molecular complexity index is 4670. The molecule has 19 nitrogen and oxygen atoms in total. The van der Waals surface area contributed by atoms with Gasteiger partial charge in [-0.05, 0) is 252 Å². The summed E-state index contributed by atoms with van der Waals surface area (Å²) < 4.78 is 58.0. The molecule has 3 atom stereocenters. The molecule has 22 heteroatoms. The minimum absolute atomic E-state index is 0.0118. The number of ether oxygens (including phenoxy) is 3. The molecule has 0 radical (unpaired) electrons. The molecule has 2 amide bonds. The van der Waals surface area contributed by atoms with Crippen LogP contribution in [0.3, 0.4) is 0 Å². The lowest BCUT2D eigenvalue weighted by Crippen LogP contribution is -2.36. The molecule has 8 N–H and O–H groups in total. The van der Waals surface area contributed by atoms with E-state index in [2.05, 4.69) is 43.1 Å². The van der Waals surface area contributed by atoms with Gasteiger partial charge >= 0.3 is 0 Å². The number of pyridine rings is 3. The number of aromatic nitrogens is 5. The smallest absolute Gasteiger partial charge is 0.229 e. The van der Waals surface area contributed by atoms with Gasteiger partial charge in [-0.1, -0.05) is 36.4 Å². The van der Waals surface area contributed by atoms with Crippen molar-refractivity contribution in [3.05, 3.63) is 221 Å². The average molecular weight is 1480 g/mol. The number of rotatable bonds is 16. The lowest BCUT2D eigenvalue weighted by Gasteiger charge is -2.33. The molecule has 6 saturated heterocycles. The molecule has 3 unspecified atom stereocenters. The molecule has 1 saturated carbocycles. The minimum Gasteiger partial charge on any atom is -0.397 e. The fraction of sp³-hybridized carbons (Fsp3) is 0.402. The van der Waals surface area contributed by atoms with Crippen molar-refractivity contribution in [2.75, 3.05) is 75.5 Å². The van der Waals surface area contributed by atoms with Crippen molar-refractivity contribution in [1.82, 2.24) is 39.4 Å².